The van der Waals surface area contributed by atoms with E-state index in [-0.39, 0.29) is 5.91 Å². The topological polar surface area (TPSA) is 20.3 Å². The molecule has 0 rings (SSSR count). The molecule has 0 aliphatic rings. The van der Waals surface area contributed by atoms with Crippen molar-refractivity contribution in [3.8, 4) is 0 Å². The van der Waals surface area contributed by atoms with E-state index in [9.17, 15) is 4.79 Å². The summed E-state index contributed by atoms with van der Waals surface area (Å²) in [4.78, 5) is 11.4. The number of carbonyl (C=O) groups excluding carboxylic acids is 1. The molecule has 0 aliphatic carbocycles. The summed E-state index contributed by atoms with van der Waals surface area (Å²) in [6, 6.07) is 0. The Hall–Kier alpha value is -0.530. The second-order valence-electron chi connectivity index (χ2n) is 1.29. The molecule has 0 aromatic rings. The van der Waals surface area contributed by atoms with Crippen LogP contribution in [0.2, 0.25) is 0 Å². The van der Waals surface area contributed by atoms with Crippen molar-refractivity contribution in [3.63, 3.8) is 0 Å². The highest BCUT2D eigenvalue weighted by Crippen LogP contribution is 1.68. The van der Waals surface area contributed by atoms with Crippen molar-refractivity contribution in [2.45, 2.75) is 0 Å². The van der Waals surface area contributed by atoms with Gasteiger partial charge in [0, 0.05) is 21.0 Å². The second-order valence-corrected chi connectivity index (χ2v) is 1.29. The van der Waals surface area contributed by atoms with Crippen LogP contribution >= 0.6 is 0 Å². The molecule has 2 nitrogen and oxygen atoms in total. The Kier molecular flexibility index (Phi) is 1.64. The van der Waals surface area contributed by atoms with E-state index in [4.69, 9.17) is 0 Å². The average molecular weight is 86.1 g/mol. The van der Waals surface area contributed by atoms with E-state index in [0.717, 1.165) is 0 Å². The molecule has 0 atom stereocenters. The molecule has 0 unspecified atom stereocenters. The van der Waals surface area contributed by atoms with Crippen molar-refractivity contribution in [2.24, 2.45) is 0 Å². The molecule has 0 aromatic heterocycles. The molecule has 2 heteroatoms. The van der Waals surface area contributed by atoms with E-state index in [2.05, 4.69) is 6.92 Å². The first-order chi connectivity index (χ1) is 2.64. The van der Waals surface area contributed by atoms with E-state index in [0.29, 0.717) is 0 Å². The van der Waals surface area contributed by atoms with Gasteiger partial charge in [0.1, 0.15) is 0 Å². The van der Waals surface area contributed by atoms with Gasteiger partial charge in [-0.15, -0.1) is 0 Å². The Morgan fingerprint density at radius 1 is 1.67 bits per heavy atom. The smallest absolute Gasteiger partial charge is 0.222 e. The Morgan fingerprint density at radius 3 is 1.83 bits per heavy atom. The summed E-state index contributed by atoms with van der Waals surface area (Å²) in [7, 11) is 3.32. The van der Waals surface area contributed by atoms with E-state index < -0.39 is 0 Å². The van der Waals surface area contributed by atoms with Crippen LogP contribution in [-0.4, -0.2) is 24.9 Å². The lowest BCUT2D eigenvalue weighted by molar-refractivity contribution is -0.123. The molecule has 0 bridgehead atoms. The van der Waals surface area contributed by atoms with Crippen LogP contribution < -0.4 is 0 Å². The summed E-state index contributed by atoms with van der Waals surface area (Å²) in [5.74, 6) is -0.157. The first kappa shape index (κ1) is 5.47. The predicted molar refractivity (Wildman–Crippen MR) is 24.1 cm³/mol. The lowest BCUT2D eigenvalue weighted by atomic mass is 10.7. The zero-order valence-corrected chi connectivity index (χ0v) is 4.06. The highest BCUT2D eigenvalue weighted by atomic mass is 16.2. The standard InChI is InChI=1S/C4H8NO/c1-4(6)5(2)3/h1H2,2-3H3. The van der Waals surface area contributed by atoms with Gasteiger partial charge in [-0.25, -0.2) is 0 Å². The van der Waals surface area contributed by atoms with Gasteiger partial charge < -0.3 is 4.90 Å². The van der Waals surface area contributed by atoms with Crippen molar-refractivity contribution in [2.75, 3.05) is 14.1 Å². The zero-order chi connectivity index (χ0) is 5.15. The monoisotopic (exact) mass is 86.1 g/mol. The summed E-state index contributed by atoms with van der Waals surface area (Å²) in [6.45, 7) is 3.12. The molecule has 0 aromatic carbocycles. The molecule has 0 N–H and O–H groups in total. The van der Waals surface area contributed by atoms with Gasteiger partial charge in [-0.1, -0.05) is 0 Å². The summed E-state index contributed by atoms with van der Waals surface area (Å²) >= 11 is 0. The van der Waals surface area contributed by atoms with Crippen molar-refractivity contribution >= 4 is 5.91 Å². The van der Waals surface area contributed by atoms with E-state index in [1.165, 1.54) is 4.90 Å². The summed E-state index contributed by atoms with van der Waals surface area (Å²) in [6.07, 6.45) is 0. The maximum Gasteiger partial charge on any atom is 0.222 e. The lowest BCUT2D eigenvalue weighted by Crippen LogP contribution is -2.17. The van der Waals surface area contributed by atoms with Gasteiger partial charge >= 0.3 is 0 Å². The molecule has 0 fully saturated rings. The minimum atomic E-state index is -0.157. The first-order valence-electron chi connectivity index (χ1n) is 1.68. The van der Waals surface area contributed by atoms with Crippen molar-refractivity contribution < 1.29 is 4.79 Å². The van der Waals surface area contributed by atoms with Gasteiger partial charge in [-0.3, -0.25) is 4.79 Å². The van der Waals surface area contributed by atoms with Gasteiger partial charge in [0.25, 0.3) is 0 Å². The van der Waals surface area contributed by atoms with Crippen LogP contribution in [0.5, 0.6) is 0 Å². The SMILES string of the molecule is [CH2]C(=O)N(C)C. The minimum Gasteiger partial charge on any atom is -0.349 e. The maximum atomic E-state index is 9.96. The normalized spacial score (nSPS) is 7.83. The highest BCUT2D eigenvalue weighted by Gasteiger charge is 1.87. The summed E-state index contributed by atoms with van der Waals surface area (Å²) < 4.78 is 0. The van der Waals surface area contributed by atoms with E-state index in [1.54, 1.807) is 14.1 Å². The lowest BCUT2D eigenvalue weighted by Gasteiger charge is -2.02. The van der Waals surface area contributed by atoms with Crippen LogP contribution in [0.25, 0.3) is 0 Å². The third-order valence-corrected chi connectivity index (χ3v) is 0.499. The third-order valence-electron chi connectivity index (χ3n) is 0.499. The maximum absolute atomic E-state index is 9.96. The van der Waals surface area contributed by atoms with Crippen molar-refractivity contribution in [1.29, 1.82) is 0 Å². The number of hydrogen-bond acceptors (Lipinski definition) is 1. The van der Waals surface area contributed by atoms with Crippen LogP contribution in [-0.2, 0) is 4.79 Å². The molecule has 6 heavy (non-hydrogen) atoms. The molecule has 0 saturated carbocycles. The van der Waals surface area contributed by atoms with E-state index >= 15 is 0 Å². The van der Waals surface area contributed by atoms with Crippen molar-refractivity contribution in [1.82, 2.24) is 4.90 Å². The van der Waals surface area contributed by atoms with Gasteiger partial charge in [0.2, 0.25) is 5.91 Å². The van der Waals surface area contributed by atoms with Gasteiger partial charge in [0.05, 0.1) is 0 Å². The number of hydrogen-bond donors (Lipinski definition) is 0. The molecule has 1 amide bonds. The fourth-order valence-corrected chi connectivity index (χ4v) is 0. The number of nitrogens with zero attached hydrogens (tertiary/aromatic N) is 1. The second kappa shape index (κ2) is 1.80. The molecular formula is C4H8NO. The highest BCUT2D eigenvalue weighted by molar-refractivity contribution is 5.79. The van der Waals surface area contributed by atoms with Gasteiger partial charge in [-0.2, -0.15) is 0 Å². The predicted octanol–water partition coefficient (Wildman–Crippen LogP) is -0.0913. The van der Waals surface area contributed by atoms with Crippen LogP contribution in [0.1, 0.15) is 0 Å². The molecule has 1 radical (unpaired) electrons. The van der Waals surface area contributed by atoms with Crippen LogP contribution in [0, 0.1) is 6.92 Å². The average Bonchev–Trinajstić information content (AvgIpc) is 1.36. The molecule has 0 saturated heterocycles. The molecule has 35 valence electrons. The molecule has 0 spiro atoms. The number of carbonyl (C=O) groups is 1. The van der Waals surface area contributed by atoms with Crippen LogP contribution in [0.3, 0.4) is 0 Å². The minimum absolute atomic E-state index is 0.157. The van der Waals surface area contributed by atoms with Crippen LogP contribution in [0.4, 0.5) is 0 Å². The Labute approximate surface area is 37.8 Å². The number of amides is 1. The van der Waals surface area contributed by atoms with E-state index in [1.807, 2.05) is 0 Å². The Morgan fingerprint density at radius 2 is 1.83 bits per heavy atom. The largest absolute Gasteiger partial charge is 0.349 e. The Balaban J connectivity index is 3.26. The molecule has 0 aliphatic heterocycles. The first-order valence-corrected chi connectivity index (χ1v) is 1.68. The fraction of sp³-hybridized carbons (Fsp3) is 0.500. The van der Waals surface area contributed by atoms with Crippen molar-refractivity contribution in [3.05, 3.63) is 6.92 Å². The van der Waals surface area contributed by atoms with Gasteiger partial charge in [0.15, 0.2) is 0 Å². The molecular weight excluding hydrogens is 78.0 g/mol. The summed E-state index contributed by atoms with van der Waals surface area (Å²) in [5, 5.41) is 0. The number of rotatable bonds is 0. The summed E-state index contributed by atoms with van der Waals surface area (Å²) in [5.41, 5.74) is 0. The van der Waals surface area contributed by atoms with Crippen LogP contribution in [0.15, 0.2) is 0 Å². The fourth-order valence-electron chi connectivity index (χ4n) is 0. The quantitative estimate of drug-likeness (QED) is 0.403. The third kappa shape index (κ3) is 1.76. The van der Waals surface area contributed by atoms with Gasteiger partial charge in [-0.05, 0) is 0 Å². The molecule has 0 heterocycles. The Bertz CT molecular complexity index is 58.6. The zero-order valence-electron chi connectivity index (χ0n) is 4.06.